The summed E-state index contributed by atoms with van der Waals surface area (Å²) in [6.45, 7) is 8.52. The molecular formula is C18H26N6O. The Morgan fingerprint density at radius 1 is 1.20 bits per heavy atom. The normalized spacial score (nSPS) is 22.5. The summed E-state index contributed by atoms with van der Waals surface area (Å²) in [7, 11) is 0. The lowest BCUT2D eigenvalue weighted by Crippen LogP contribution is -2.52. The van der Waals surface area contributed by atoms with E-state index in [9.17, 15) is 4.79 Å². The number of fused-ring (bicyclic) bond motifs is 1. The van der Waals surface area contributed by atoms with E-state index in [0.717, 1.165) is 70.1 Å². The molecule has 2 saturated heterocycles. The number of piperazine rings is 1. The highest BCUT2D eigenvalue weighted by atomic mass is 16.2. The fraction of sp³-hybridized carbons (Fsp3) is 0.611. The van der Waals surface area contributed by atoms with Crippen LogP contribution in [0.4, 0.5) is 5.82 Å². The molecule has 7 heteroatoms. The molecule has 2 aromatic heterocycles. The SMILES string of the molecule is CCN1CCCC(C(=O)N2CCN(c3ccc4nccn4n3)CC2)C1. The van der Waals surface area contributed by atoms with Crippen LogP contribution in [-0.4, -0.2) is 76.1 Å². The lowest BCUT2D eigenvalue weighted by atomic mass is 9.96. The van der Waals surface area contributed by atoms with Crippen LogP contribution in [0.1, 0.15) is 19.8 Å². The summed E-state index contributed by atoms with van der Waals surface area (Å²) in [6.07, 6.45) is 5.79. The summed E-state index contributed by atoms with van der Waals surface area (Å²) < 4.78 is 1.80. The Labute approximate surface area is 148 Å². The third-order valence-electron chi connectivity index (χ3n) is 5.46. The van der Waals surface area contributed by atoms with Gasteiger partial charge >= 0.3 is 0 Å². The molecule has 1 unspecified atom stereocenters. The summed E-state index contributed by atoms with van der Waals surface area (Å²) >= 11 is 0. The molecule has 7 nitrogen and oxygen atoms in total. The average Bonchev–Trinajstić information content (AvgIpc) is 3.15. The van der Waals surface area contributed by atoms with E-state index in [2.05, 4.69) is 31.7 Å². The van der Waals surface area contributed by atoms with Crippen LogP contribution in [0.15, 0.2) is 24.5 Å². The summed E-state index contributed by atoms with van der Waals surface area (Å²) in [4.78, 5) is 23.8. The summed E-state index contributed by atoms with van der Waals surface area (Å²) in [5.41, 5.74) is 0.857. The second-order valence-corrected chi connectivity index (χ2v) is 6.97. The Bertz CT molecular complexity index is 736. The van der Waals surface area contributed by atoms with E-state index in [1.54, 1.807) is 10.7 Å². The maximum Gasteiger partial charge on any atom is 0.227 e. The van der Waals surface area contributed by atoms with Crippen molar-refractivity contribution in [2.24, 2.45) is 5.92 Å². The van der Waals surface area contributed by atoms with Crippen LogP contribution in [0.3, 0.4) is 0 Å². The summed E-state index contributed by atoms with van der Waals surface area (Å²) in [6, 6.07) is 4.00. The topological polar surface area (TPSA) is 57.0 Å². The molecule has 2 aliphatic rings. The highest BCUT2D eigenvalue weighted by Crippen LogP contribution is 2.21. The van der Waals surface area contributed by atoms with Crippen molar-refractivity contribution in [3.63, 3.8) is 0 Å². The Hall–Kier alpha value is -2.15. The van der Waals surface area contributed by atoms with E-state index in [0.29, 0.717) is 5.91 Å². The quantitative estimate of drug-likeness (QED) is 0.836. The van der Waals surface area contributed by atoms with Gasteiger partial charge in [-0.25, -0.2) is 9.50 Å². The monoisotopic (exact) mass is 342 g/mol. The van der Waals surface area contributed by atoms with Crippen LogP contribution in [0.2, 0.25) is 0 Å². The van der Waals surface area contributed by atoms with Crippen molar-refractivity contribution in [2.45, 2.75) is 19.8 Å². The molecule has 2 fully saturated rings. The Balaban J connectivity index is 1.36. The highest BCUT2D eigenvalue weighted by molar-refractivity contribution is 5.79. The molecule has 0 N–H and O–H groups in total. The zero-order chi connectivity index (χ0) is 17.2. The first-order chi connectivity index (χ1) is 12.2. The molecule has 2 aliphatic heterocycles. The lowest BCUT2D eigenvalue weighted by molar-refractivity contribution is -0.137. The van der Waals surface area contributed by atoms with Crippen molar-refractivity contribution >= 4 is 17.4 Å². The van der Waals surface area contributed by atoms with Crippen LogP contribution in [0, 0.1) is 5.92 Å². The van der Waals surface area contributed by atoms with Gasteiger partial charge in [-0.3, -0.25) is 4.79 Å². The zero-order valence-corrected chi connectivity index (χ0v) is 14.8. The van der Waals surface area contributed by atoms with Gasteiger partial charge in [-0.1, -0.05) is 6.92 Å². The molecule has 134 valence electrons. The van der Waals surface area contributed by atoms with Crippen LogP contribution >= 0.6 is 0 Å². The van der Waals surface area contributed by atoms with Gasteiger partial charge in [0.2, 0.25) is 5.91 Å². The van der Waals surface area contributed by atoms with Gasteiger partial charge in [0.1, 0.15) is 5.82 Å². The fourth-order valence-corrected chi connectivity index (χ4v) is 3.93. The molecule has 0 bridgehead atoms. The first-order valence-corrected chi connectivity index (χ1v) is 9.31. The van der Waals surface area contributed by atoms with E-state index in [1.165, 1.54) is 0 Å². The minimum Gasteiger partial charge on any atom is -0.352 e. The van der Waals surface area contributed by atoms with Crippen LogP contribution in [0.25, 0.3) is 5.65 Å². The maximum atomic E-state index is 12.9. The Kier molecular flexibility index (Phi) is 4.57. The van der Waals surface area contributed by atoms with Crippen LogP contribution in [-0.2, 0) is 4.79 Å². The van der Waals surface area contributed by atoms with Gasteiger partial charge in [-0.05, 0) is 38.1 Å². The van der Waals surface area contributed by atoms with E-state index in [1.807, 2.05) is 18.3 Å². The number of hydrogen-bond donors (Lipinski definition) is 0. The second-order valence-electron chi connectivity index (χ2n) is 6.97. The largest absolute Gasteiger partial charge is 0.352 e. The summed E-state index contributed by atoms with van der Waals surface area (Å²) in [5.74, 6) is 1.48. The molecule has 0 spiro atoms. The molecule has 25 heavy (non-hydrogen) atoms. The highest BCUT2D eigenvalue weighted by Gasteiger charge is 2.30. The number of aromatic nitrogens is 3. The van der Waals surface area contributed by atoms with E-state index in [-0.39, 0.29) is 5.92 Å². The van der Waals surface area contributed by atoms with Crippen LogP contribution < -0.4 is 4.90 Å². The number of carbonyl (C=O) groups is 1. The minimum atomic E-state index is 0.181. The average molecular weight is 342 g/mol. The van der Waals surface area contributed by atoms with Gasteiger partial charge in [0.15, 0.2) is 5.65 Å². The predicted octanol–water partition coefficient (Wildman–Crippen LogP) is 1.11. The zero-order valence-electron chi connectivity index (χ0n) is 14.8. The number of anilines is 1. The number of piperidine rings is 1. The number of likely N-dealkylation sites (tertiary alicyclic amines) is 1. The molecule has 1 atom stereocenters. The number of rotatable bonds is 3. The molecule has 4 heterocycles. The van der Waals surface area contributed by atoms with Gasteiger partial charge in [0.25, 0.3) is 0 Å². The summed E-state index contributed by atoms with van der Waals surface area (Å²) in [5, 5.41) is 4.61. The van der Waals surface area contributed by atoms with E-state index >= 15 is 0 Å². The number of hydrogen-bond acceptors (Lipinski definition) is 5. The minimum absolute atomic E-state index is 0.181. The molecule has 0 radical (unpaired) electrons. The molecule has 0 saturated carbocycles. The van der Waals surface area contributed by atoms with Gasteiger partial charge in [0, 0.05) is 45.1 Å². The molecule has 2 aromatic rings. The van der Waals surface area contributed by atoms with Crippen molar-refractivity contribution in [3.8, 4) is 0 Å². The van der Waals surface area contributed by atoms with Crippen molar-refractivity contribution in [1.29, 1.82) is 0 Å². The van der Waals surface area contributed by atoms with E-state index in [4.69, 9.17) is 0 Å². The predicted molar refractivity (Wildman–Crippen MR) is 96.6 cm³/mol. The molecule has 0 aromatic carbocycles. The van der Waals surface area contributed by atoms with Gasteiger partial charge in [-0.15, -0.1) is 5.10 Å². The standard InChI is InChI=1S/C18H26N6O/c1-2-21-8-3-4-15(14-21)18(25)23-12-10-22(11-13-23)17-6-5-16-19-7-9-24(16)20-17/h5-7,9,15H,2-4,8,10-14H2,1H3. The first-order valence-electron chi connectivity index (χ1n) is 9.31. The second kappa shape index (κ2) is 7.00. The maximum absolute atomic E-state index is 12.9. The number of imidazole rings is 1. The Morgan fingerprint density at radius 2 is 2.04 bits per heavy atom. The first kappa shape index (κ1) is 16.3. The van der Waals surface area contributed by atoms with Crippen molar-refractivity contribution in [2.75, 3.05) is 50.7 Å². The van der Waals surface area contributed by atoms with Crippen molar-refractivity contribution in [1.82, 2.24) is 24.4 Å². The van der Waals surface area contributed by atoms with Gasteiger partial charge in [0.05, 0.1) is 5.92 Å². The number of carbonyl (C=O) groups excluding carboxylic acids is 1. The molecule has 1 amide bonds. The fourth-order valence-electron chi connectivity index (χ4n) is 3.93. The van der Waals surface area contributed by atoms with Crippen molar-refractivity contribution < 1.29 is 4.79 Å². The van der Waals surface area contributed by atoms with Gasteiger partial charge < -0.3 is 14.7 Å². The van der Waals surface area contributed by atoms with Crippen molar-refractivity contribution in [3.05, 3.63) is 24.5 Å². The molecule has 0 aliphatic carbocycles. The third kappa shape index (κ3) is 3.33. The number of nitrogens with zero attached hydrogens (tertiary/aromatic N) is 6. The smallest absolute Gasteiger partial charge is 0.227 e. The number of amides is 1. The van der Waals surface area contributed by atoms with Gasteiger partial charge in [-0.2, -0.15) is 0 Å². The molecular weight excluding hydrogens is 316 g/mol. The Morgan fingerprint density at radius 3 is 2.84 bits per heavy atom. The molecule has 4 rings (SSSR count). The van der Waals surface area contributed by atoms with Crippen LogP contribution in [0.5, 0.6) is 0 Å². The third-order valence-corrected chi connectivity index (χ3v) is 5.46. The lowest BCUT2D eigenvalue weighted by Gasteiger charge is -2.39. The van der Waals surface area contributed by atoms with E-state index < -0.39 is 0 Å².